The summed E-state index contributed by atoms with van der Waals surface area (Å²) in [5.74, 6) is 3.56. The molecule has 0 aromatic heterocycles. The number of Topliss-reactive ketones (excluding diaryl/α,β-unsaturated/α-hetero) is 1. The van der Waals surface area contributed by atoms with Crippen LogP contribution in [0, 0.1) is 5.92 Å². The third kappa shape index (κ3) is 3.26. The second-order valence-corrected chi connectivity index (χ2v) is 6.18. The Morgan fingerprint density at radius 3 is 3.00 bits per heavy atom. The zero-order valence-corrected chi connectivity index (χ0v) is 12.1. The van der Waals surface area contributed by atoms with E-state index in [-0.39, 0.29) is 5.92 Å². The minimum atomic E-state index is 0.265. The number of ether oxygens (including phenoxy) is 1. The highest BCUT2D eigenvalue weighted by Gasteiger charge is 2.23. The van der Waals surface area contributed by atoms with Gasteiger partial charge in [-0.25, -0.2) is 0 Å². The van der Waals surface area contributed by atoms with Crippen LogP contribution in [0.5, 0.6) is 5.75 Å². The first-order chi connectivity index (χ1) is 8.20. The Labute approximate surface area is 114 Å². The average Bonchev–Trinajstić information content (AvgIpc) is 2.82. The molecule has 2 nitrogen and oxygen atoms in total. The van der Waals surface area contributed by atoms with Crippen molar-refractivity contribution in [3.8, 4) is 5.75 Å². The van der Waals surface area contributed by atoms with Gasteiger partial charge in [-0.2, -0.15) is 11.8 Å². The van der Waals surface area contributed by atoms with Gasteiger partial charge in [-0.3, -0.25) is 4.79 Å². The minimum absolute atomic E-state index is 0.265. The SMILES string of the molecule is COc1ccc(CC(=O)C2CCSC2)cc1Br. The number of carbonyl (C=O) groups is 1. The fraction of sp³-hybridized carbons (Fsp3) is 0.462. The summed E-state index contributed by atoms with van der Waals surface area (Å²) < 4.78 is 6.08. The zero-order valence-electron chi connectivity index (χ0n) is 9.74. The van der Waals surface area contributed by atoms with Gasteiger partial charge in [0.25, 0.3) is 0 Å². The molecule has 1 atom stereocenters. The number of hydrogen-bond donors (Lipinski definition) is 0. The number of hydrogen-bond acceptors (Lipinski definition) is 3. The minimum Gasteiger partial charge on any atom is -0.496 e. The van der Waals surface area contributed by atoms with Crippen molar-refractivity contribution in [1.82, 2.24) is 0 Å². The van der Waals surface area contributed by atoms with E-state index in [1.807, 2.05) is 30.0 Å². The summed E-state index contributed by atoms with van der Waals surface area (Å²) in [5.41, 5.74) is 1.06. The summed E-state index contributed by atoms with van der Waals surface area (Å²) in [4.78, 5) is 12.0. The smallest absolute Gasteiger partial charge is 0.141 e. The van der Waals surface area contributed by atoms with Crippen LogP contribution < -0.4 is 4.74 Å². The quantitative estimate of drug-likeness (QED) is 0.852. The molecule has 2 rings (SSSR count). The third-order valence-electron chi connectivity index (χ3n) is 2.98. The van der Waals surface area contributed by atoms with Gasteiger partial charge in [-0.15, -0.1) is 0 Å². The molecule has 92 valence electrons. The molecule has 1 aromatic carbocycles. The second-order valence-electron chi connectivity index (χ2n) is 4.17. The highest BCUT2D eigenvalue weighted by molar-refractivity contribution is 9.10. The van der Waals surface area contributed by atoms with Crippen LogP contribution in [0.3, 0.4) is 0 Å². The Morgan fingerprint density at radius 2 is 2.41 bits per heavy atom. The maximum Gasteiger partial charge on any atom is 0.141 e. The lowest BCUT2D eigenvalue weighted by Gasteiger charge is -2.09. The standard InChI is InChI=1S/C13H15BrO2S/c1-16-13-3-2-9(6-11(13)14)7-12(15)10-4-5-17-8-10/h2-3,6,10H,4-5,7-8H2,1H3. The molecule has 0 bridgehead atoms. The van der Waals surface area contributed by atoms with E-state index in [2.05, 4.69) is 15.9 Å². The number of thioether (sulfide) groups is 1. The van der Waals surface area contributed by atoms with Crippen LogP contribution in [0.25, 0.3) is 0 Å². The van der Waals surface area contributed by atoms with Gasteiger partial charge in [0.1, 0.15) is 11.5 Å². The largest absolute Gasteiger partial charge is 0.496 e. The molecule has 4 heteroatoms. The topological polar surface area (TPSA) is 26.3 Å². The van der Waals surface area contributed by atoms with Gasteiger partial charge in [0.05, 0.1) is 11.6 Å². The summed E-state index contributed by atoms with van der Waals surface area (Å²) in [6.07, 6.45) is 1.58. The van der Waals surface area contributed by atoms with Crippen molar-refractivity contribution in [2.45, 2.75) is 12.8 Å². The van der Waals surface area contributed by atoms with Crippen molar-refractivity contribution in [1.29, 1.82) is 0 Å². The van der Waals surface area contributed by atoms with Crippen LogP contribution in [-0.4, -0.2) is 24.4 Å². The van der Waals surface area contributed by atoms with Gasteiger partial charge in [-0.05, 0) is 45.8 Å². The molecule has 0 spiro atoms. The maximum absolute atomic E-state index is 12.0. The number of ketones is 1. The van der Waals surface area contributed by atoms with Crippen LogP contribution in [0.1, 0.15) is 12.0 Å². The second kappa shape index (κ2) is 5.91. The van der Waals surface area contributed by atoms with Crippen LogP contribution >= 0.6 is 27.7 Å². The normalized spacial score (nSPS) is 19.3. The van der Waals surface area contributed by atoms with Crippen molar-refractivity contribution in [3.63, 3.8) is 0 Å². The Hall–Kier alpha value is -0.480. The first kappa shape index (κ1) is 13.0. The van der Waals surface area contributed by atoms with Gasteiger partial charge in [-0.1, -0.05) is 6.07 Å². The molecule has 1 aliphatic heterocycles. The molecule has 1 heterocycles. The number of benzene rings is 1. The van der Waals surface area contributed by atoms with Crippen molar-refractivity contribution in [3.05, 3.63) is 28.2 Å². The summed E-state index contributed by atoms with van der Waals surface area (Å²) in [6, 6.07) is 5.83. The lowest BCUT2D eigenvalue weighted by atomic mass is 9.97. The number of methoxy groups -OCH3 is 1. The van der Waals surface area contributed by atoms with Crippen LogP contribution in [-0.2, 0) is 11.2 Å². The van der Waals surface area contributed by atoms with Crippen molar-refractivity contribution >= 4 is 33.5 Å². The Bertz CT molecular complexity index is 414. The molecule has 1 aliphatic rings. The van der Waals surface area contributed by atoms with Crippen LogP contribution in [0.4, 0.5) is 0 Å². The van der Waals surface area contributed by atoms with Gasteiger partial charge in [0.15, 0.2) is 0 Å². The Kier molecular flexibility index (Phi) is 4.51. The Morgan fingerprint density at radius 1 is 1.59 bits per heavy atom. The van der Waals surface area contributed by atoms with Crippen molar-refractivity contribution in [2.24, 2.45) is 5.92 Å². The summed E-state index contributed by atoms with van der Waals surface area (Å²) in [5, 5.41) is 0. The van der Waals surface area contributed by atoms with Gasteiger partial charge in [0.2, 0.25) is 0 Å². The molecule has 0 saturated carbocycles. The van der Waals surface area contributed by atoms with Crippen LogP contribution in [0.15, 0.2) is 22.7 Å². The van der Waals surface area contributed by atoms with Gasteiger partial charge < -0.3 is 4.74 Å². The summed E-state index contributed by atoms with van der Waals surface area (Å²) in [7, 11) is 1.64. The molecule has 0 aliphatic carbocycles. The van der Waals surface area contributed by atoms with E-state index in [4.69, 9.17) is 4.74 Å². The fourth-order valence-corrected chi connectivity index (χ4v) is 3.80. The van der Waals surface area contributed by atoms with E-state index in [9.17, 15) is 4.79 Å². The lowest BCUT2D eigenvalue weighted by Crippen LogP contribution is -2.16. The first-order valence-electron chi connectivity index (χ1n) is 5.63. The van der Waals surface area contributed by atoms with Crippen LogP contribution in [0.2, 0.25) is 0 Å². The summed E-state index contributed by atoms with van der Waals surface area (Å²) >= 11 is 5.32. The van der Waals surface area contributed by atoms with Crippen molar-refractivity contribution < 1.29 is 9.53 Å². The molecule has 1 fully saturated rings. The predicted molar refractivity (Wildman–Crippen MR) is 74.8 cm³/mol. The van der Waals surface area contributed by atoms with E-state index in [1.54, 1.807) is 7.11 Å². The molecule has 1 saturated heterocycles. The number of carbonyl (C=O) groups excluding carboxylic acids is 1. The van der Waals surface area contributed by atoms with E-state index >= 15 is 0 Å². The zero-order chi connectivity index (χ0) is 12.3. The van der Waals surface area contributed by atoms with Crippen molar-refractivity contribution in [2.75, 3.05) is 18.6 Å². The van der Waals surface area contributed by atoms with E-state index < -0.39 is 0 Å². The molecular weight excluding hydrogens is 300 g/mol. The molecule has 17 heavy (non-hydrogen) atoms. The molecule has 1 unspecified atom stereocenters. The monoisotopic (exact) mass is 314 g/mol. The maximum atomic E-state index is 12.0. The van der Waals surface area contributed by atoms with E-state index in [0.29, 0.717) is 12.2 Å². The highest BCUT2D eigenvalue weighted by atomic mass is 79.9. The molecule has 0 amide bonds. The van der Waals surface area contributed by atoms with E-state index in [1.165, 1.54) is 0 Å². The molecule has 1 aromatic rings. The molecule has 0 radical (unpaired) electrons. The molecule has 0 N–H and O–H groups in total. The van der Waals surface area contributed by atoms with E-state index in [0.717, 1.165) is 33.7 Å². The highest BCUT2D eigenvalue weighted by Crippen LogP contribution is 2.28. The third-order valence-corrected chi connectivity index (χ3v) is 4.76. The van der Waals surface area contributed by atoms with Gasteiger partial charge >= 0.3 is 0 Å². The summed E-state index contributed by atoms with van der Waals surface area (Å²) in [6.45, 7) is 0. The average molecular weight is 315 g/mol. The fourth-order valence-electron chi connectivity index (χ4n) is 1.95. The lowest BCUT2D eigenvalue weighted by molar-refractivity contribution is -0.121. The Balaban J connectivity index is 2.03. The number of rotatable bonds is 4. The first-order valence-corrected chi connectivity index (χ1v) is 7.58. The molecular formula is C13H15BrO2S. The number of halogens is 1. The van der Waals surface area contributed by atoms with Gasteiger partial charge in [0, 0.05) is 18.1 Å². The predicted octanol–water partition coefficient (Wildman–Crippen LogP) is 3.32.